The molecule has 0 unspecified atom stereocenters. The van der Waals surface area contributed by atoms with Crippen molar-refractivity contribution in [3.05, 3.63) is 57.6 Å². The van der Waals surface area contributed by atoms with Crippen LogP contribution in [0.2, 0.25) is 0 Å². The number of fused-ring (bicyclic) bond motifs is 1. The molecule has 0 aliphatic heterocycles. The quantitative estimate of drug-likeness (QED) is 0.692. The molecule has 3 rings (SSSR count). The predicted octanol–water partition coefficient (Wildman–Crippen LogP) is 0.895. The van der Waals surface area contributed by atoms with E-state index in [2.05, 4.69) is 9.97 Å². The predicted molar refractivity (Wildman–Crippen MR) is 71.6 cm³/mol. The zero-order valence-electron chi connectivity index (χ0n) is 10.3. The summed E-state index contributed by atoms with van der Waals surface area (Å²) in [4.78, 5) is 29.9. The Bertz CT molecular complexity index is 843. The molecule has 1 aromatic carbocycles. The molecule has 0 saturated carbocycles. The van der Waals surface area contributed by atoms with Gasteiger partial charge in [-0.3, -0.25) is 9.59 Å². The minimum absolute atomic E-state index is 0.451. The first kappa shape index (κ1) is 11.5. The van der Waals surface area contributed by atoms with Crippen LogP contribution in [0.3, 0.4) is 0 Å². The van der Waals surface area contributed by atoms with Gasteiger partial charge < -0.3 is 14.1 Å². The minimum atomic E-state index is -0.593. The largest absolute Gasteiger partial charge is 0.316 e. The van der Waals surface area contributed by atoms with Crippen molar-refractivity contribution >= 4 is 11.0 Å². The normalized spacial score (nSPS) is 11.0. The molecular formula is C13H12N4O2. The van der Waals surface area contributed by atoms with Crippen molar-refractivity contribution in [3.63, 3.8) is 0 Å². The fourth-order valence-electron chi connectivity index (χ4n) is 2.14. The van der Waals surface area contributed by atoms with Gasteiger partial charge in [0.15, 0.2) is 0 Å². The number of benzene rings is 1. The fourth-order valence-corrected chi connectivity index (χ4v) is 2.14. The van der Waals surface area contributed by atoms with Gasteiger partial charge in [-0.2, -0.15) is 0 Å². The number of aryl methyl sites for hydroxylation is 1. The van der Waals surface area contributed by atoms with E-state index in [-0.39, 0.29) is 0 Å². The first-order valence-corrected chi connectivity index (χ1v) is 5.96. The molecule has 6 heteroatoms. The number of nitrogens with zero attached hydrogens (tertiary/aromatic N) is 3. The molecule has 96 valence electrons. The number of aromatic amines is 1. The third kappa shape index (κ3) is 1.77. The van der Waals surface area contributed by atoms with Crippen molar-refractivity contribution in [1.29, 1.82) is 0 Å². The van der Waals surface area contributed by atoms with Gasteiger partial charge in [0.1, 0.15) is 0 Å². The summed E-state index contributed by atoms with van der Waals surface area (Å²) in [6.07, 6.45) is 5.19. The van der Waals surface area contributed by atoms with Gasteiger partial charge in [-0.1, -0.05) is 0 Å². The van der Waals surface area contributed by atoms with E-state index in [0.717, 1.165) is 5.69 Å². The Morgan fingerprint density at radius 3 is 2.84 bits per heavy atom. The van der Waals surface area contributed by atoms with E-state index in [9.17, 15) is 9.59 Å². The molecule has 0 spiro atoms. The van der Waals surface area contributed by atoms with E-state index in [4.69, 9.17) is 0 Å². The summed E-state index contributed by atoms with van der Waals surface area (Å²) in [6, 6.07) is 5.51. The Kier molecular flexibility index (Phi) is 2.56. The molecule has 1 N–H and O–H groups in total. The SMILES string of the molecule is CCn1c(=O)c(=O)[nH]c2ccc(-n3ccnc3)cc21. The van der Waals surface area contributed by atoms with Gasteiger partial charge in [0, 0.05) is 24.6 Å². The maximum atomic E-state index is 11.8. The van der Waals surface area contributed by atoms with Crippen molar-refractivity contribution in [1.82, 2.24) is 19.1 Å². The second kappa shape index (κ2) is 4.24. The number of aromatic nitrogens is 4. The van der Waals surface area contributed by atoms with E-state index in [1.54, 1.807) is 18.6 Å². The molecule has 0 amide bonds. The summed E-state index contributed by atoms with van der Waals surface area (Å²) in [6.45, 7) is 2.29. The average molecular weight is 256 g/mol. The molecule has 6 nitrogen and oxygen atoms in total. The first-order valence-electron chi connectivity index (χ1n) is 5.96. The molecule has 0 aliphatic rings. The van der Waals surface area contributed by atoms with Crippen molar-refractivity contribution in [3.8, 4) is 5.69 Å². The molecule has 0 radical (unpaired) electrons. The highest BCUT2D eigenvalue weighted by molar-refractivity contribution is 5.77. The molecular weight excluding hydrogens is 244 g/mol. The van der Waals surface area contributed by atoms with E-state index in [0.29, 0.717) is 17.6 Å². The van der Waals surface area contributed by atoms with Gasteiger partial charge in [0.2, 0.25) is 0 Å². The highest BCUT2D eigenvalue weighted by Crippen LogP contribution is 2.14. The number of hydrogen-bond acceptors (Lipinski definition) is 3. The van der Waals surface area contributed by atoms with Gasteiger partial charge in [0.25, 0.3) is 0 Å². The molecule has 2 aromatic heterocycles. The lowest BCUT2D eigenvalue weighted by atomic mass is 10.2. The lowest BCUT2D eigenvalue weighted by Gasteiger charge is -2.09. The third-order valence-corrected chi connectivity index (χ3v) is 3.08. The second-order valence-electron chi connectivity index (χ2n) is 4.17. The monoisotopic (exact) mass is 256 g/mol. The average Bonchev–Trinajstić information content (AvgIpc) is 2.94. The Hall–Kier alpha value is -2.63. The smallest absolute Gasteiger partial charge is 0.316 e. The van der Waals surface area contributed by atoms with Crippen LogP contribution in [0.15, 0.2) is 46.5 Å². The summed E-state index contributed by atoms with van der Waals surface area (Å²) >= 11 is 0. The van der Waals surface area contributed by atoms with Gasteiger partial charge >= 0.3 is 11.1 Å². The molecule has 2 heterocycles. The molecule has 3 aromatic rings. The summed E-state index contributed by atoms with van der Waals surface area (Å²) in [5.41, 5.74) is 1.12. The summed E-state index contributed by atoms with van der Waals surface area (Å²) < 4.78 is 3.31. The lowest BCUT2D eigenvalue weighted by molar-refractivity contribution is 0.744. The second-order valence-corrected chi connectivity index (χ2v) is 4.17. The third-order valence-electron chi connectivity index (χ3n) is 3.08. The molecule has 0 saturated heterocycles. The Balaban J connectivity index is 2.37. The van der Waals surface area contributed by atoms with Crippen LogP contribution >= 0.6 is 0 Å². The number of H-pyrrole nitrogens is 1. The molecule has 19 heavy (non-hydrogen) atoms. The van der Waals surface area contributed by atoms with E-state index < -0.39 is 11.1 Å². The number of nitrogens with one attached hydrogen (secondary N) is 1. The molecule has 0 aliphatic carbocycles. The highest BCUT2D eigenvalue weighted by Gasteiger charge is 2.07. The lowest BCUT2D eigenvalue weighted by Crippen LogP contribution is -2.36. The van der Waals surface area contributed by atoms with Crippen LogP contribution in [0.1, 0.15) is 6.92 Å². The summed E-state index contributed by atoms with van der Waals surface area (Å²) in [5.74, 6) is 0. The number of imidazole rings is 1. The van der Waals surface area contributed by atoms with Crippen LogP contribution in [0, 0.1) is 0 Å². The topological polar surface area (TPSA) is 72.7 Å². The van der Waals surface area contributed by atoms with Crippen molar-refractivity contribution in [2.24, 2.45) is 0 Å². The van der Waals surface area contributed by atoms with E-state index in [1.165, 1.54) is 4.57 Å². The molecule has 0 atom stereocenters. The van der Waals surface area contributed by atoms with Crippen LogP contribution in [0.25, 0.3) is 16.7 Å². The highest BCUT2D eigenvalue weighted by atomic mass is 16.2. The maximum Gasteiger partial charge on any atom is 0.316 e. The minimum Gasteiger partial charge on any atom is -0.316 e. The van der Waals surface area contributed by atoms with Crippen LogP contribution in [-0.4, -0.2) is 19.1 Å². The Labute approximate surface area is 108 Å². The van der Waals surface area contributed by atoms with Crippen LogP contribution in [-0.2, 0) is 6.54 Å². The van der Waals surface area contributed by atoms with Gasteiger partial charge in [0.05, 0.1) is 17.4 Å². The first-order chi connectivity index (χ1) is 9.20. The van der Waals surface area contributed by atoms with Crippen molar-refractivity contribution < 1.29 is 0 Å². The molecule has 0 bridgehead atoms. The fraction of sp³-hybridized carbons (Fsp3) is 0.154. The molecule has 0 fully saturated rings. The van der Waals surface area contributed by atoms with Crippen LogP contribution < -0.4 is 11.1 Å². The van der Waals surface area contributed by atoms with E-state index >= 15 is 0 Å². The standard InChI is InChI=1S/C13H12N4O2/c1-2-17-11-7-9(16-6-5-14-8-16)3-4-10(11)15-12(18)13(17)19/h3-8H,2H2,1H3,(H,15,18). The summed E-state index contributed by atoms with van der Waals surface area (Å²) in [5, 5.41) is 0. The Morgan fingerprint density at radius 1 is 1.32 bits per heavy atom. The van der Waals surface area contributed by atoms with Gasteiger partial charge in [-0.25, -0.2) is 4.98 Å². The van der Waals surface area contributed by atoms with E-state index in [1.807, 2.05) is 29.8 Å². The van der Waals surface area contributed by atoms with Crippen LogP contribution in [0.4, 0.5) is 0 Å². The number of hydrogen-bond donors (Lipinski definition) is 1. The van der Waals surface area contributed by atoms with Gasteiger partial charge in [-0.15, -0.1) is 0 Å². The zero-order valence-corrected chi connectivity index (χ0v) is 10.3. The van der Waals surface area contributed by atoms with Gasteiger partial charge in [-0.05, 0) is 25.1 Å². The zero-order chi connectivity index (χ0) is 13.4. The van der Waals surface area contributed by atoms with Crippen molar-refractivity contribution in [2.75, 3.05) is 0 Å². The Morgan fingerprint density at radius 2 is 2.16 bits per heavy atom. The van der Waals surface area contributed by atoms with Crippen molar-refractivity contribution in [2.45, 2.75) is 13.5 Å². The van der Waals surface area contributed by atoms with Crippen LogP contribution in [0.5, 0.6) is 0 Å². The number of rotatable bonds is 2. The summed E-state index contributed by atoms with van der Waals surface area (Å²) in [7, 11) is 0. The maximum absolute atomic E-state index is 11.8.